The lowest BCUT2D eigenvalue weighted by Gasteiger charge is -2.19. The number of hydrogen-bond donors (Lipinski definition) is 1. The summed E-state index contributed by atoms with van der Waals surface area (Å²) in [6.45, 7) is 0. The Balaban J connectivity index is 2.52. The molecule has 0 radical (unpaired) electrons. The second-order valence-corrected chi connectivity index (χ2v) is 4.23. The lowest BCUT2D eigenvalue weighted by molar-refractivity contribution is -0.139. The van der Waals surface area contributed by atoms with Crippen molar-refractivity contribution in [3.63, 3.8) is 0 Å². The maximum Gasteiger partial charge on any atom is 0.416 e. The minimum atomic E-state index is -4.51. The van der Waals surface area contributed by atoms with Crippen LogP contribution in [0.5, 0.6) is 5.75 Å². The number of halogens is 3. The van der Waals surface area contributed by atoms with Crippen LogP contribution in [-0.2, 0) is 6.18 Å². The van der Waals surface area contributed by atoms with E-state index in [0.29, 0.717) is 11.3 Å². The third kappa shape index (κ3) is 2.77. The molecule has 1 unspecified atom stereocenters. The topological polar surface area (TPSA) is 29.5 Å². The highest BCUT2D eigenvalue weighted by molar-refractivity contribution is 5.43. The van der Waals surface area contributed by atoms with E-state index >= 15 is 0 Å². The van der Waals surface area contributed by atoms with Gasteiger partial charge in [-0.3, -0.25) is 0 Å². The van der Waals surface area contributed by atoms with Gasteiger partial charge in [0.2, 0.25) is 0 Å². The minimum absolute atomic E-state index is 0.190. The van der Waals surface area contributed by atoms with Crippen molar-refractivity contribution in [2.45, 2.75) is 12.3 Å². The van der Waals surface area contributed by atoms with Crippen molar-refractivity contribution in [3.05, 3.63) is 65.2 Å². The van der Waals surface area contributed by atoms with Crippen LogP contribution in [0.3, 0.4) is 0 Å². The fourth-order valence-electron chi connectivity index (χ4n) is 2.05. The first-order chi connectivity index (χ1) is 9.45. The van der Waals surface area contributed by atoms with Gasteiger partial charge in [-0.2, -0.15) is 13.2 Å². The van der Waals surface area contributed by atoms with E-state index in [1.54, 1.807) is 18.2 Å². The van der Waals surface area contributed by atoms with Gasteiger partial charge in [-0.15, -0.1) is 0 Å². The highest BCUT2D eigenvalue weighted by atomic mass is 19.4. The third-order valence-corrected chi connectivity index (χ3v) is 2.99. The Morgan fingerprint density at radius 1 is 0.950 bits per heavy atom. The van der Waals surface area contributed by atoms with Gasteiger partial charge in [0.15, 0.2) is 0 Å². The van der Waals surface area contributed by atoms with Crippen LogP contribution >= 0.6 is 0 Å². The highest BCUT2D eigenvalue weighted by Gasteiger charge is 2.35. The summed E-state index contributed by atoms with van der Waals surface area (Å²) in [5, 5.41) is 10.3. The number of benzene rings is 2. The first-order valence-electron chi connectivity index (χ1n) is 5.92. The lowest BCUT2D eigenvalue weighted by Crippen LogP contribution is -2.13. The minimum Gasteiger partial charge on any atom is -0.496 e. The average molecular weight is 282 g/mol. The zero-order valence-corrected chi connectivity index (χ0v) is 10.7. The molecule has 2 rings (SSSR count). The monoisotopic (exact) mass is 282 g/mol. The van der Waals surface area contributed by atoms with Crippen molar-refractivity contribution in [2.75, 3.05) is 7.11 Å². The summed E-state index contributed by atoms with van der Waals surface area (Å²) in [7, 11) is 1.40. The van der Waals surface area contributed by atoms with Gasteiger partial charge in [0.1, 0.15) is 11.9 Å². The van der Waals surface area contributed by atoms with Gasteiger partial charge in [-0.1, -0.05) is 36.4 Å². The molecular formula is C15H13F3O2. The van der Waals surface area contributed by atoms with Gasteiger partial charge in [-0.25, -0.2) is 0 Å². The van der Waals surface area contributed by atoms with Crippen LogP contribution < -0.4 is 4.74 Å². The second-order valence-electron chi connectivity index (χ2n) is 4.23. The Labute approximate surface area is 114 Å². The molecule has 0 aliphatic heterocycles. The number of alkyl halides is 3. The van der Waals surface area contributed by atoms with Crippen LogP contribution in [0.15, 0.2) is 48.5 Å². The summed E-state index contributed by atoms with van der Waals surface area (Å²) in [4.78, 5) is 0. The third-order valence-electron chi connectivity index (χ3n) is 2.99. The zero-order chi connectivity index (χ0) is 14.8. The van der Waals surface area contributed by atoms with Crippen molar-refractivity contribution in [3.8, 4) is 5.75 Å². The van der Waals surface area contributed by atoms with Crippen LogP contribution in [0.4, 0.5) is 13.2 Å². The molecule has 0 aliphatic rings. The van der Waals surface area contributed by atoms with Crippen molar-refractivity contribution in [1.82, 2.24) is 0 Å². The summed E-state index contributed by atoms with van der Waals surface area (Å²) in [5.41, 5.74) is -0.741. The molecule has 2 nitrogen and oxygen atoms in total. The van der Waals surface area contributed by atoms with Gasteiger partial charge in [0, 0.05) is 5.56 Å². The van der Waals surface area contributed by atoms with Gasteiger partial charge in [0.05, 0.1) is 12.7 Å². The molecule has 0 aromatic heterocycles. The molecule has 5 heteroatoms. The molecule has 0 bridgehead atoms. The number of ether oxygens (including phenoxy) is 1. The molecule has 0 amide bonds. The number of methoxy groups -OCH3 is 1. The number of hydrogen-bond acceptors (Lipinski definition) is 2. The Kier molecular flexibility index (Phi) is 3.99. The molecule has 0 aliphatic carbocycles. The molecule has 0 saturated heterocycles. The molecule has 0 saturated carbocycles. The van der Waals surface area contributed by atoms with Crippen molar-refractivity contribution in [2.24, 2.45) is 0 Å². The Hall–Kier alpha value is -2.01. The van der Waals surface area contributed by atoms with Crippen LogP contribution in [-0.4, -0.2) is 12.2 Å². The molecule has 1 N–H and O–H groups in total. The first-order valence-corrected chi connectivity index (χ1v) is 5.92. The predicted octanol–water partition coefficient (Wildman–Crippen LogP) is 3.80. The van der Waals surface area contributed by atoms with E-state index in [1.165, 1.54) is 31.4 Å². The summed E-state index contributed by atoms with van der Waals surface area (Å²) in [6, 6.07) is 11.4. The van der Waals surface area contributed by atoms with Crippen LogP contribution in [0.1, 0.15) is 22.8 Å². The van der Waals surface area contributed by atoms with Gasteiger partial charge in [0.25, 0.3) is 0 Å². The molecular weight excluding hydrogens is 269 g/mol. The predicted molar refractivity (Wildman–Crippen MR) is 68.5 cm³/mol. The van der Waals surface area contributed by atoms with Crippen molar-refractivity contribution in [1.29, 1.82) is 0 Å². The fraction of sp³-hybridized carbons (Fsp3) is 0.200. The SMILES string of the molecule is COc1ccccc1C(O)c1ccccc1C(F)(F)F. The number of para-hydroxylation sites is 1. The normalized spacial score (nSPS) is 13.1. The summed E-state index contributed by atoms with van der Waals surface area (Å²) >= 11 is 0. The first kappa shape index (κ1) is 14.4. The lowest BCUT2D eigenvalue weighted by atomic mass is 9.96. The number of aliphatic hydroxyl groups is 1. The van der Waals surface area contributed by atoms with E-state index < -0.39 is 17.8 Å². The fourth-order valence-corrected chi connectivity index (χ4v) is 2.05. The maximum atomic E-state index is 13.0. The van der Waals surface area contributed by atoms with E-state index in [1.807, 2.05) is 0 Å². The second kappa shape index (κ2) is 5.54. The quantitative estimate of drug-likeness (QED) is 0.928. The van der Waals surface area contributed by atoms with Gasteiger partial charge >= 0.3 is 6.18 Å². The van der Waals surface area contributed by atoms with E-state index in [9.17, 15) is 18.3 Å². The highest BCUT2D eigenvalue weighted by Crippen LogP contribution is 2.38. The van der Waals surface area contributed by atoms with Crippen molar-refractivity contribution >= 4 is 0 Å². The molecule has 0 spiro atoms. The van der Waals surface area contributed by atoms with Gasteiger partial charge < -0.3 is 9.84 Å². The molecule has 2 aromatic rings. The standard InChI is InChI=1S/C15H13F3O2/c1-20-13-9-5-3-7-11(13)14(19)10-6-2-4-8-12(10)15(16,17)18/h2-9,14,19H,1H3. The summed E-state index contributed by atoms with van der Waals surface area (Å²) in [5.74, 6) is 0.344. The summed E-state index contributed by atoms with van der Waals surface area (Å²) in [6.07, 6.45) is -5.91. The van der Waals surface area contributed by atoms with Gasteiger partial charge in [-0.05, 0) is 17.7 Å². The maximum absolute atomic E-state index is 13.0. The largest absolute Gasteiger partial charge is 0.496 e. The Morgan fingerprint density at radius 2 is 1.50 bits per heavy atom. The smallest absolute Gasteiger partial charge is 0.416 e. The Morgan fingerprint density at radius 3 is 2.10 bits per heavy atom. The molecule has 0 fully saturated rings. The van der Waals surface area contributed by atoms with E-state index in [2.05, 4.69) is 0 Å². The zero-order valence-electron chi connectivity index (χ0n) is 10.7. The van der Waals surface area contributed by atoms with Crippen molar-refractivity contribution < 1.29 is 23.0 Å². The molecule has 106 valence electrons. The number of rotatable bonds is 3. The average Bonchev–Trinajstić information content (AvgIpc) is 2.45. The molecule has 1 atom stereocenters. The van der Waals surface area contributed by atoms with E-state index in [4.69, 9.17) is 4.74 Å². The van der Waals surface area contributed by atoms with Crippen LogP contribution in [0.2, 0.25) is 0 Å². The van der Waals surface area contributed by atoms with Crippen LogP contribution in [0, 0.1) is 0 Å². The number of aliphatic hydroxyl groups excluding tert-OH is 1. The Bertz CT molecular complexity index is 594. The summed E-state index contributed by atoms with van der Waals surface area (Å²) < 4.78 is 44.0. The molecule has 0 heterocycles. The van der Waals surface area contributed by atoms with E-state index in [-0.39, 0.29) is 5.56 Å². The molecule has 2 aromatic carbocycles. The molecule has 20 heavy (non-hydrogen) atoms. The van der Waals surface area contributed by atoms with E-state index in [0.717, 1.165) is 6.07 Å². The van der Waals surface area contributed by atoms with Crippen LogP contribution in [0.25, 0.3) is 0 Å².